The van der Waals surface area contributed by atoms with Crippen molar-refractivity contribution in [3.8, 4) is 11.6 Å². The lowest BCUT2D eigenvalue weighted by atomic mass is 10.1. The second kappa shape index (κ2) is 5.47. The number of imidazole rings is 1. The van der Waals surface area contributed by atoms with Crippen LogP contribution in [0.4, 0.5) is 5.82 Å². The summed E-state index contributed by atoms with van der Waals surface area (Å²) in [5.74, 6) is 0.355. The molecule has 1 unspecified atom stereocenters. The molecule has 2 aromatic heterocycles. The van der Waals surface area contributed by atoms with Crippen molar-refractivity contribution in [3.05, 3.63) is 58.1 Å². The van der Waals surface area contributed by atoms with E-state index in [0.29, 0.717) is 35.1 Å². The van der Waals surface area contributed by atoms with E-state index in [1.54, 1.807) is 10.6 Å². The van der Waals surface area contributed by atoms with E-state index in [4.69, 9.17) is 6.57 Å². The fraction of sp³-hybridized carbons (Fsp3) is 0.333. The van der Waals surface area contributed by atoms with Crippen molar-refractivity contribution in [2.45, 2.75) is 31.3 Å². The average Bonchev–Trinajstić information content (AvgIpc) is 3.33. The molecule has 29 heavy (non-hydrogen) atoms. The molecule has 3 aromatic rings. The highest BCUT2D eigenvalue weighted by molar-refractivity contribution is 5.97. The zero-order valence-corrected chi connectivity index (χ0v) is 15.4. The van der Waals surface area contributed by atoms with Crippen molar-refractivity contribution in [2.75, 3.05) is 6.54 Å². The van der Waals surface area contributed by atoms with Crippen molar-refractivity contribution < 1.29 is 9.90 Å². The summed E-state index contributed by atoms with van der Waals surface area (Å²) in [6.07, 6.45) is 3.99. The molecule has 2 bridgehead atoms. The first kappa shape index (κ1) is 16.4. The maximum atomic E-state index is 13.3. The van der Waals surface area contributed by atoms with Gasteiger partial charge in [-0.3, -0.25) is 9.36 Å². The second-order valence-electron chi connectivity index (χ2n) is 7.99. The van der Waals surface area contributed by atoms with E-state index < -0.39 is 0 Å². The summed E-state index contributed by atoms with van der Waals surface area (Å²) in [4.78, 5) is 35.4. The number of aromatic nitrogens is 3. The van der Waals surface area contributed by atoms with Crippen molar-refractivity contribution in [3.63, 3.8) is 0 Å². The van der Waals surface area contributed by atoms with Gasteiger partial charge in [-0.25, -0.2) is 9.36 Å². The van der Waals surface area contributed by atoms with Gasteiger partial charge in [0.2, 0.25) is 11.8 Å². The molecule has 1 aromatic carbocycles. The number of benzene rings is 1. The Hall–Kier alpha value is -3.60. The van der Waals surface area contributed by atoms with E-state index in [0.717, 1.165) is 12.8 Å². The summed E-state index contributed by atoms with van der Waals surface area (Å²) < 4.78 is 2.90. The van der Waals surface area contributed by atoms with Gasteiger partial charge in [-0.05, 0) is 19.3 Å². The van der Waals surface area contributed by atoms with Gasteiger partial charge in [0, 0.05) is 23.2 Å². The number of nitrogens with zero attached hydrogens (tertiary/aromatic N) is 5. The third kappa shape index (κ3) is 2.04. The molecular formula is C21H17N5O3. The summed E-state index contributed by atoms with van der Waals surface area (Å²) in [6, 6.07) is 6.86. The van der Waals surface area contributed by atoms with Crippen LogP contribution in [0.15, 0.2) is 35.3 Å². The van der Waals surface area contributed by atoms with Crippen LogP contribution in [-0.4, -0.2) is 36.6 Å². The Balaban J connectivity index is 1.54. The molecule has 2 atom stereocenters. The van der Waals surface area contributed by atoms with E-state index in [1.165, 1.54) is 10.8 Å². The fourth-order valence-corrected chi connectivity index (χ4v) is 4.90. The molecule has 1 amide bonds. The summed E-state index contributed by atoms with van der Waals surface area (Å²) in [5.41, 5.74) is 0.626. The Bertz CT molecular complexity index is 1310. The molecule has 2 fully saturated rings. The smallest absolute Gasteiger partial charge is 0.336 e. The molecular weight excluding hydrogens is 370 g/mol. The first-order chi connectivity index (χ1) is 14.1. The Morgan fingerprint density at radius 2 is 2.00 bits per heavy atom. The topological polar surface area (TPSA) is 84.7 Å². The van der Waals surface area contributed by atoms with E-state index >= 15 is 0 Å². The first-order valence-corrected chi connectivity index (χ1v) is 9.72. The summed E-state index contributed by atoms with van der Waals surface area (Å²) >= 11 is 0. The van der Waals surface area contributed by atoms with Gasteiger partial charge in [0.25, 0.3) is 5.82 Å². The zero-order valence-electron chi connectivity index (χ0n) is 15.4. The molecule has 144 valence electrons. The number of likely N-dealkylation sites (tertiary alicyclic amines) is 1. The Labute approximate surface area is 165 Å². The van der Waals surface area contributed by atoms with Crippen LogP contribution in [0.3, 0.4) is 0 Å². The molecule has 2 aliphatic heterocycles. The molecule has 3 aliphatic rings. The largest absolute Gasteiger partial charge is 0.493 e. The van der Waals surface area contributed by atoms with Crippen molar-refractivity contribution >= 4 is 22.5 Å². The maximum Gasteiger partial charge on any atom is 0.336 e. The Morgan fingerprint density at radius 1 is 1.24 bits per heavy atom. The van der Waals surface area contributed by atoms with Crippen LogP contribution in [0.2, 0.25) is 0 Å². The van der Waals surface area contributed by atoms with Crippen LogP contribution < -0.4 is 5.69 Å². The van der Waals surface area contributed by atoms with Crippen LogP contribution >= 0.6 is 0 Å². The van der Waals surface area contributed by atoms with Crippen LogP contribution in [0.25, 0.3) is 21.3 Å². The lowest BCUT2D eigenvalue weighted by Crippen LogP contribution is -2.38. The number of hydrogen-bond donors (Lipinski definition) is 1. The van der Waals surface area contributed by atoms with Crippen molar-refractivity contribution in [2.24, 2.45) is 5.92 Å². The van der Waals surface area contributed by atoms with Gasteiger partial charge in [0.1, 0.15) is 17.6 Å². The van der Waals surface area contributed by atoms with Crippen LogP contribution in [0.5, 0.6) is 5.88 Å². The minimum Gasteiger partial charge on any atom is -0.493 e. The van der Waals surface area contributed by atoms with Gasteiger partial charge in [-0.1, -0.05) is 30.8 Å². The fourth-order valence-electron chi connectivity index (χ4n) is 4.90. The normalized spacial score (nSPS) is 22.1. The third-order valence-corrected chi connectivity index (χ3v) is 6.37. The number of pyridine rings is 1. The molecule has 0 spiro atoms. The zero-order chi connectivity index (χ0) is 19.9. The quantitative estimate of drug-likeness (QED) is 0.685. The number of hydrogen-bond acceptors (Lipinski definition) is 4. The molecule has 4 heterocycles. The van der Waals surface area contributed by atoms with Crippen molar-refractivity contribution in [1.29, 1.82) is 0 Å². The van der Waals surface area contributed by atoms with Gasteiger partial charge in [0.15, 0.2) is 0 Å². The number of carbonyl (C=O) groups is 1. The lowest BCUT2D eigenvalue weighted by Gasteiger charge is -2.27. The molecule has 8 heteroatoms. The standard InChI is InChI=1S/C21H17N5O3/c1-22-18-14-5-3-2-4-13(14)16(9-23-18)26-20(28)17-15-8-12(25(17)21(26)29)10-24(15)19(27)11-6-7-11/h2-5,9,11-12,15,28H,6-8,10H2/t12?,15-/m1/s1. The highest BCUT2D eigenvalue weighted by Crippen LogP contribution is 2.50. The van der Waals surface area contributed by atoms with Crippen LogP contribution in [0, 0.1) is 12.5 Å². The van der Waals surface area contributed by atoms with E-state index in [1.807, 2.05) is 23.1 Å². The maximum absolute atomic E-state index is 13.3. The van der Waals surface area contributed by atoms with Gasteiger partial charge in [-0.2, -0.15) is 0 Å². The molecule has 0 radical (unpaired) electrons. The average molecular weight is 387 g/mol. The first-order valence-electron chi connectivity index (χ1n) is 9.72. The minimum absolute atomic E-state index is 0.105. The summed E-state index contributed by atoms with van der Waals surface area (Å²) in [5, 5.41) is 12.4. The lowest BCUT2D eigenvalue weighted by molar-refractivity contribution is -0.134. The van der Waals surface area contributed by atoms with Gasteiger partial charge in [-0.15, -0.1) is 4.98 Å². The molecule has 1 saturated carbocycles. The number of fused-ring (bicyclic) bond motifs is 6. The van der Waals surface area contributed by atoms with E-state index in [-0.39, 0.29) is 41.3 Å². The van der Waals surface area contributed by atoms with E-state index in [9.17, 15) is 14.7 Å². The monoisotopic (exact) mass is 387 g/mol. The predicted molar refractivity (Wildman–Crippen MR) is 104 cm³/mol. The molecule has 1 aliphatic carbocycles. The Morgan fingerprint density at radius 3 is 2.72 bits per heavy atom. The number of carbonyl (C=O) groups excluding carboxylic acids is 1. The SMILES string of the molecule is [C-]#[N+]c1ncc(-n2c(O)c3n(c2=O)C2C[C@H]3N(C(=O)C3CC3)C2)c2ccccc12. The van der Waals surface area contributed by atoms with Gasteiger partial charge in [0.05, 0.1) is 12.1 Å². The number of rotatable bonds is 2. The summed E-state index contributed by atoms with van der Waals surface area (Å²) in [6.45, 7) is 7.85. The molecule has 6 rings (SSSR count). The van der Waals surface area contributed by atoms with Crippen molar-refractivity contribution in [1.82, 2.24) is 19.0 Å². The second-order valence-corrected chi connectivity index (χ2v) is 7.99. The predicted octanol–water partition coefficient (Wildman–Crippen LogP) is 2.68. The number of aromatic hydroxyl groups is 1. The Kier molecular flexibility index (Phi) is 3.09. The molecule has 1 saturated heterocycles. The van der Waals surface area contributed by atoms with Crippen LogP contribution in [-0.2, 0) is 4.79 Å². The number of amides is 1. The van der Waals surface area contributed by atoms with E-state index in [2.05, 4.69) is 9.83 Å². The highest BCUT2D eigenvalue weighted by Gasteiger charge is 2.51. The van der Waals surface area contributed by atoms with Gasteiger partial charge < -0.3 is 14.9 Å². The third-order valence-electron chi connectivity index (χ3n) is 6.37. The summed E-state index contributed by atoms with van der Waals surface area (Å²) in [7, 11) is 0. The van der Waals surface area contributed by atoms with Gasteiger partial charge >= 0.3 is 5.69 Å². The minimum atomic E-state index is -0.328. The highest BCUT2D eigenvalue weighted by atomic mass is 16.3. The van der Waals surface area contributed by atoms with Crippen LogP contribution in [0.1, 0.15) is 37.0 Å². The molecule has 1 N–H and O–H groups in total. The molecule has 8 nitrogen and oxygen atoms in total.